The molecule has 4 aromatic rings. The van der Waals surface area contributed by atoms with Crippen LogP contribution in [0.15, 0.2) is 54.7 Å². The van der Waals surface area contributed by atoms with Crippen molar-refractivity contribution in [3.63, 3.8) is 0 Å². The molecule has 0 fully saturated rings. The lowest BCUT2D eigenvalue weighted by molar-refractivity contribution is 0.155. The Labute approximate surface area is 220 Å². The summed E-state index contributed by atoms with van der Waals surface area (Å²) in [6.45, 7) is 5.39. The maximum Gasteiger partial charge on any atom is 0.413 e. The van der Waals surface area contributed by atoms with E-state index in [0.717, 1.165) is 33.6 Å². The van der Waals surface area contributed by atoms with Crippen molar-refractivity contribution in [2.24, 2.45) is 0 Å². The van der Waals surface area contributed by atoms with E-state index >= 15 is 0 Å². The SMILES string of the molecule is CCc1nc2c(C)cc(-c3ccc(CNCCO)cc3)cn2c1NC(=O)OCc1cc(Cl)cc(Cl)c1. The fourth-order valence-corrected chi connectivity index (χ4v) is 4.57. The van der Waals surface area contributed by atoms with Crippen LogP contribution in [0.2, 0.25) is 10.0 Å². The topological polar surface area (TPSA) is 87.9 Å². The molecule has 9 heteroatoms. The number of imidazole rings is 1. The first-order valence-corrected chi connectivity index (χ1v) is 12.4. The second-order valence-corrected chi connectivity index (χ2v) is 9.32. The molecule has 2 aromatic carbocycles. The van der Waals surface area contributed by atoms with Gasteiger partial charge in [-0.3, -0.25) is 9.72 Å². The molecule has 36 heavy (non-hydrogen) atoms. The first-order chi connectivity index (χ1) is 17.4. The molecule has 7 nitrogen and oxygen atoms in total. The number of aliphatic hydroxyl groups is 1. The number of benzene rings is 2. The Morgan fingerprint density at radius 2 is 1.78 bits per heavy atom. The number of aryl methyl sites for hydroxylation is 2. The van der Waals surface area contributed by atoms with Gasteiger partial charge in [0.25, 0.3) is 0 Å². The van der Waals surface area contributed by atoms with Crippen molar-refractivity contribution < 1.29 is 14.6 Å². The van der Waals surface area contributed by atoms with Gasteiger partial charge in [-0.2, -0.15) is 0 Å². The van der Waals surface area contributed by atoms with Crippen LogP contribution in [0.5, 0.6) is 0 Å². The van der Waals surface area contributed by atoms with E-state index < -0.39 is 6.09 Å². The predicted molar refractivity (Wildman–Crippen MR) is 144 cm³/mol. The molecule has 2 heterocycles. The third-order valence-electron chi connectivity index (χ3n) is 5.73. The maximum atomic E-state index is 12.7. The molecule has 0 saturated heterocycles. The summed E-state index contributed by atoms with van der Waals surface area (Å²) >= 11 is 12.1. The van der Waals surface area contributed by atoms with E-state index in [-0.39, 0.29) is 13.2 Å². The predicted octanol–water partition coefficient (Wildman–Crippen LogP) is 6.01. The van der Waals surface area contributed by atoms with E-state index in [9.17, 15) is 4.79 Å². The minimum absolute atomic E-state index is 0.0358. The van der Waals surface area contributed by atoms with Gasteiger partial charge in [-0.15, -0.1) is 0 Å². The summed E-state index contributed by atoms with van der Waals surface area (Å²) in [5.41, 5.74) is 6.41. The van der Waals surface area contributed by atoms with Crippen molar-refractivity contribution in [1.82, 2.24) is 14.7 Å². The van der Waals surface area contributed by atoms with E-state index in [0.29, 0.717) is 40.9 Å². The smallest absolute Gasteiger partial charge is 0.413 e. The zero-order valence-corrected chi connectivity index (χ0v) is 21.7. The molecule has 0 spiro atoms. The molecule has 1 amide bonds. The minimum Gasteiger partial charge on any atom is -0.444 e. The monoisotopic (exact) mass is 526 g/mol. The molecule has 0 aliphatic rings. The van der Waals surface area contributed by atoms with E-state index in [1.54, 1.807) is 18.2 Å². The Hall–Kier alpha value is -3.10. The lowest BCUT2D eigenvalue weighted by atomic mass is 10.0. The Morgan fingerprint density at radius 1 is 1.06 bits per heavy atom. The van der Waals surface area contributed by atoms with E-state index in [2.05, 4.69) is 41.0 Å². The average molecular weight is 527 g/mol. The quantitative estimate of drug-likeness (QED) is 0.232. The molecular formula is C27H28Cl2N4O3. The van der Waals surface area contributed by atoms with E-state index in [1.165, 1.54) is 0 Å². The summed E-state index contributed by atoms with van der Waals surface area (Å²) in [6.07, 6.45) is 2.02. The van der Waals surface area contributed by atoms with Crippen LogP contribution in [-0.4, -0.2) is 33.7 Å². The number of carbonyl (C=O) groups is 1. The van der Waals surface area contributed by atoms with Crippen molar-refractivity contribution in [1.29, 1.82) is 0 Å². The fourth-order valence-electron chi connectivity index (χ4n) is 4.00. The zero-order chi connectivity index (χ0) is 25.7. The fraction of sp³-hybridized carbons (Fsp3) is 0.259. The van der Waals surface area contributed by atoms with Gasteiger partial charge in [0.15, 0.2) is 0 Å². The number of carbonyl (C=O) groups excluding carboxylic acids is 1. The van der Waals surface area contributed by atoms with Gasteiger partial charge in [0.1, 0.15) is 18.1 Å². The van der Waals surface area contributed by atoms with Crippen molar-refractivity contribution >= 4 is 40.8 Å². The summed E-state index contributed by atoms with van der Waals surface area (Å²) in [7, 11) is 0. The largest absolute Gasteiger partial charge is 0.444 e. The third kappa shape index (κ3) is 6.17. The number of nitrogens with one attached hydrogen (secondary N) is 2. The molecule has 0 unspecified atom stereocenters. The van der Waals surface area contributed by atoms with Gasteiger partial charge in [0.05, 0.1) is 12.3 Å². The summed E-state index contributed by atoms with van der Waals surface area (Å²) < 4.78 is 7.33. The summed E-state index contributed by atoms with van der Waals surface area (Å²) in [5.74, 6) is 0.580. The summed E-state index contributed by atoms with van der Waals surface area (Å²) in [5, 5.41) is 15.9. The van der Waals surface area contributed by atoms with Gasteiger partial charge < -0.3 is 15.2 Å². The van der Waals surface area contributed by atoms with Crippen LogP contribution in [0.3, 0.4) is 0 Å². The van der Waals surface area contributed by atoms with Crippen LogP contribution in [0.4, 0.5) is 10.6 Å². The molecule has 3 N–H and O–H groups in total. The highest BCUT2D eigenvalue weighted by Crippen LogP contribution is 2.28. The maximum absolute atomic E-state index is 12.7. The Bertz CT molecular complexity index is 1350. The van der Waals surface area contributed by atoms with Crippen LogP contribution in [0, 0.1) is 6.92 Å². The summed E-state index contributed by atoms with van der Waals surface area (Å²) in [4.78, 5) is 17.4. The molecule has 0 atom stereocenters. The highest BCUT2D eigenvalue weighted by Gasteiger charge is 2.17. The van der Waals surface area contributed by atoms with Gasteiger partial charge in [-0.05, 0) is 65.4 Å². The summed E-state index contributed by atoms with van der Waals surface area (Å²) in [6, 6.07) is 15.4. The number of hydrogen-bond donors (Lipinski definition) is 3. The number of nitrogens with zero attached hydrogens (tertiary/aromatic N) is 2. The Morgan fingerprint density at radius 3 is 2.44 bits per heavy atom. The lowest BCUT2D eigenvalue weighted by Gasteiger charge is -2.11. The number of fused-ring (bicyclic) bond motifs is 1. The average Bonchev–Trinajstić information content (AvgIpc) is 3.20. The molecule has 2 aromatic heterocycles. The number of aliphatic hydroxyl groups excluding tert-OH is 1. The molecular weight excluding hydrogens is 499 g/mol. The van der Waals surface area contributed by atoms with Crippen LogP contribution >= 0.6 is 23.2 Å². The molecule has 0 radical (unpaired) electrons. The number of anilines is 1. The number of hydrogen-bond acceptors (Lipinski definition) is 5. The molecule has 188 valence electrons. The molecule has 0 aliphatic carbocycles. The van der Waals surface area contributed by atoms with Crippen molar-refractivity contribution in [3.05, 3.63) is 87.2 Å². The standard InChI is InChI=1S/C27H28Cl2N4O3/c1-3-24-26(32-27(35)36-16-19-11-22(28)13-23(29)12-19)33-15-21(10-17(2)25(33)31-24)20-6-4-18(5-7-20)14-30-8-9-34/h4-7,10-13,15,30,34H,3,8-9,14,16H2,1-2H3,(H,32,35). The van der Waals surface area contributed by atoms with Crippen LogP contribution < -0.4 is 10.6 Å². The first kappa shape index (κ1) is 26.0. The Kier molecular flexibility index (Phi) is 8.48. The van der Waals surface area contributed by atoms with Gasteiger partial charge in [0, 0.05) is 29.3 Å². The van der Waals surface area contributed by atoms with Gasteiger partial charge >= 0.3 is 6.09 Å². The highest BCUT2D eigenvalue weighted by atomic mass is 35.5. The number of aromatic nitrogens is 2. The zero-order valence-electron chi connectivity index (χ0n) is 20.1. The molecule has 0 bridgehead atoms. The van der Waals surface area contributed by atoms with Crippen LogP contribution in [0.1, 0.15) is 29.3 Å². The van der Waals surface area contributed by atoms with Crippen molar-refractivity contribution in [2.75, 3.05) is 18.5 Å². The number of ether oxygens (including phenoxy) is 1. The Balaban J connectivity index is 1.57. The molecule has 0 aliphatic heterocycles. The van der Waals surface area contributed by atoms with Crippen LogP contribution in [-0.2, 0) is 24.3 Å². The normalized spacial score (nSPS) is 11.1. The van der Waals surface area contributed by atoms with Crippen molar-refractivity contribution in [3.8, 4) is 11.1 Å². The van der Waals surface area contributed by atoms with E-state index in [1.807, 2.05) is 24.4 Å². The van der Waals surface area contributed by atoms with Gasteiger partial charge in [-0.25, -0.2) is 9.78 Å². The van der Waals surface area contributed by atoms with E-state index in [4.69, 9.17) is 38.0 Å². The number of halogens is 2. The van der Waals surface area contributed by atoms with Gasteiger partial charge in [-0.1, -0.05) is 54.4 Å². The first-order valence-electron chi connectivity index (χ1n) is 11.7. The second kappa shape index (κ2) is 11.8. The molecule has 4 rings (SSSR count). The highest BCUT2D eigenvalue weighted by molar-refractivity contribution is 6.34. The minimum atomic E-state index is -0.592. The third-order valence-corrected chi connectivity index (χ3v) is 6.17. The number of pyridine rings is 1. The lowest BCUT2D eigenvalue weighted by Crippen LogP contribution is -2.17. The number of rotatable bonds is 9. The van der Waals surface area contributed by atoms with Crippen molar-refractivity contribution in [2.45, 2.75) is 33.4 Å². The second-order valence-electron chi connectivity index (χ2n) is 8.44. The number of amides is 1. The molecule has 0 saturated carbocycles. The van der Waals surface area contributed by atoms with Crippen LogP contribution in [0.25, 0.3) is 16.8 Å². The van der Waals surface area contributed by atoms with Gasteiger partial charge in [0.2, 0.25) is 0 Å².